The van der Waals surface area contributed by atoms with Crippen molar-refractivity contribution in [2.75, 3.05) is 12.4 Å². The molecule has 0 fully saturated rings. The van der Waals surface area contributed by atoms with Crippen molar-refractivity contribution < 1.29 is 9.53 Å². The number of aromatic nitrogens is 1. The van der Waals surface area contributed by atoms with Crippen molar-refractivity contribution in [3.8, 4) is 5.75 Å². The molecule has 4 nitrogen and oxygen atoms in total. The second-order valence-corrected chi connectivity index (χ2v) is 4.37. The van der Waals surface area contributed by atoms with Gasteiger partial charge in [0, 0.05) is 18.0 Å². The van der Waals surface area contributed by atoms with Gasteiger partial charge in [0.05, 0.1) is 12.7 Å². The maximum absolute atomic E-state index is 11.9. The third-order valence-corrected chi connectivity index (χ3v) is 2.79. The maximum atomic E-state index is 11.9. The fraction of sp³-hybridized carbons (Fsp3) is 0.0769. The fourth-order valence-corrected chi connectivity index (χ4v) is 1.65. The standard InChI is InChI=1S/C13H11BrN2O2/c1-18-11-4-2-3-10(7-11)16-13(17)9-5-6-12(14)15-8-9/h2-8H,1H3,(H,16,17). The number of ether oxygens (including phenoxy) is 1. The topological polar surface area (TPSA) is 51.2 Å². The smallest absolute Gasteiger partial charge is 0.257 e. The van der Waals surface area contributed by atoms with E-state index in [0.29, 0.717) is 21.6 Å². The van der Waals surface area contributed by atoms with Crippen LogP contribution in [0.1, 0.15) is 10.4 Å². The first-order valence-corrected chi connectivity index (χ1v) is 6.05. The van der Waals surface area contributed by atoms with Crippen LogP contribution in [0.25, 0.3) is 0 Å². The van der Waals surface area contributed by atoms with Crippen molar-refractivity contribution in [1.82, 2.24) is 4.98 Å². The zero-order valence-electron chi connectivity index (χ0n) is 9.68. The number of amides is 1. The fourth-order valence-electron chi connectivity index (χ4n) is 1.41. The minimum absolute atomic E-state index is 0.205. The Balaban J connectivity index is 2.13. The summed E-state index contributed by atoms with van der Waals surface area (Å²) in [5.41, 5.74) is 1.18. The molecule has 2 rings (SSSR count). The van der Waals surface area contributed by atoms with Crippen LogP contribution in [-0.2, 0) is 0 Å². The zero-order chi connectivity index (χ0) is 13.0. The zero-order valence-corrected chi connectivity index (χ0v) is 11.3. The van der Waals surface area contributed by atoms with Gasteiger partial charge in [0.25, 0.3) is 5.91 Å². The number of pyridine rings is 1. The summed E-state index contributed by atoms with van der Waals surface area (Å²) < 4.78 is 5.78. The van der Waals surface area contributed by atoms with Gasteiger partial charge in [0.15, 0.2) is 0 Å². The van der Waals surface area contributed by atoms with Gasteiger partial charge in [-0.05, 0) is 40.2 Å². The average molecular weight is 307 g/mol. The van der Waals surface area contributed by atoms with Gasteiger partial charge in [-0.25, -0.2) is 4.98 Å². The van der Waals surface area contributed by atoms with Gasteiger partial charge in [0.1, 0.15) is 10.4 Å². The number of methoxy groups -OCH3 is 1. The van der Waals surface area contributed by atoms with E-state index in [1.54, 1.807) is 31.4 Å². The van der Waals surface area contributed by atoms with Gasteiger partial charge in [-0.15, -0.1) is 0 Å². The van der Waals surface area contributed by atoms with Crippen molar-refractivity contribution >= 4 is 27.5 Å². The number of halogens is 1. The molecule has 1 aromatic carbocycles. The van der Waals surface area contributed by atoms with Crippen LogP contribution in [0, 0.1) is 0 Å². The van der Waals surface area contributed by atoms with E-state index in [1.807, 2.05) is 12.1 Å². The molecule has 1 aromatic heterocycles. The van der Waals surface area contributed by atoms with Gasteiger partial charge < -0.3 is 10.1 Å². The van der Waals surface area contributed by atoms with Gasteiger partial charge in [-0.2, -0.15) is 0 Å². The molecule has 0 aliphatic carbocycles. The van der Waals surface area contributed by atoms with E-state index in [0.717, 1.165) is 0 Å². The quantitative estimate of drug-likeness (QED) is 0.887. The molecule has 0 radical (unpaired) electrons. The molecular formula is C13H11BrN2O2. The predicted molar refractivity (Wildman–Crippen MR) is 72.9 cm³/mol. The third kappa shape index (κ3) is 3.07. The SMILES string of the molecule is COc1cccc(NC(=O)c2ccc(Br)nc2)c1. The second-order valence-electron chi connectivity index (χ2n) is 3.56. The van der Waals surface area contributed by atoms with Crippen LogP contribution < -0.4 is 10.1 Å². The molecule has 0 aliphatic rings. The van der Waals surface area contributed by atoms with E-state index in [1.165, 1.54) is 6.20 Å². The summed E-state index contributed by atoms with van der Waals surface area (Å²) in [6.45, 7) is 0. The molecule has 0 unspecified atom stereocenters. The summed E-state index contributed by atoms with van der Waals surface area (Å²) in [7, 11) is 1.58. The van der Waals surface area contributed by atoms with Gasteiger partial charge in [-0.1, -0.05) is 6.07 Å². The van der Waals surface area contributed by atoms with Crippen molar-refractivity contribution in [3.63, 3.8) is 0 Å². The van der Waals surface area contributed by atoms with Crippen molar-refractivity contribution in [3.05, 3.63) is 52.8 Å². The van der Waals surface area contributed by atoms with Crippen molar-refractivity contribution in [2.24, 2.45) is 0 Å². The lowest BCUT2D eigenvalue weighted by molar-refractivity contribution is 0.102. The number of carbonyl (C=O) groups is 1. The highest BCUT2D eigenvalue weighted by Crippen LogP contribution is 2.17. The van der Waals surface area contributed by atoms with Gasteiger partial charge >= 0.3 is 0 Å². The number of benzene rings is 1. The molecule has 5 heteroatoms. The summed E-state index contributed by atoms with van der Waals surface area (Å²) in [5, 5.41) is 2.78. The molecule has 0 bridgehead atoms. The number of anilines is 1. The Hall–Kier alpha value is -1.88. The first-order chi connectivity index (χ1) is 8.69. The largest absolute Gasteiger partial charge is 0.497 e. The van der Waals surface area contributed by atoms with Crippen LogP contribution in [0.15, 0.2) is 47.2 Å². The number of carbonyl (C=O) groups excluding carboxylic acids is 1. The molecule has 18 heavy (non-hydrogen) atoms. The van der Waals surface area contributed by atoms with Crippen molar-refractivity contribution in [2.45, 2.75) is 0 Å². The van der Waals surface area contributed by atoms with Crippen LogP contribution in [0.2, 0.25) is 0 Å². The van der Waals surface area contributed by atoms with Gasteiger partial charge in [-0.3, -0.25) is 4.79 Å². The van der Waals surface area contributed by atoms with Crippen LogP contribution in [-0.4, -0.2) is 18.0 Å². The molecule has 1 amide bonds. The summed E-state index contributed by atoms with van der Waals surface area (Å²) in [5.74, 6) is 0.491. The Labute approximate surface area is 113 Å². The monoisotopic (exact) mass is 306 g/mol. The Kier molecular flexibility index (Phi) is 3.94. The van der Waals surface area contributed by atoms with E-state index in [9.17, 15) is 4.79 Å². The van der Waals surface area contributed by atoms with Crippen LogP contribution in [0.5, 0.6) is 5.75 Å². The van der Waals surface area contributed by atoms with Crippen molar-refractivity contribution in [1.29, 1.82) is 0 Å². The molecule has 0 saturated heterocycles. The van der Waals surface area contributed by atoms with E-state index in [-0.39, 0.29) is 5.91 Å². The Bertz CT molecular complexity index is 555. The normalized spacial score (nSPS) is 9.89. The van der Waals surface area contributed by atoms with E-state index in [2.05, 4.69) is 26.2 Å². The number of rotatable bonds is 3. The molecule has 0 aliphatic heterocycles. The minimum Gasteiger partial charge on any atom is -0.497 e. The Morgan fingerprint density at radius 1 is 1.33 bits per heavy atom. The Morgan fingerprint density at radius 2 is 2.17 bits per heavy atom. The van der Waals surface area contributed by atoms with E-state index in [4.69, 9.17) is 4.74 Å². The minimum atomic E-state index is -0.205. The number of nitrogens with zero attached hydrogens (tertiary/aromatic N) is 1. The van der Waals surface area contributed by atoms with Gasteiger partial charge in [0.2, 0.25) is 0 Å². The molecule has 1 heterocycles. The van der Waals surface area contributed by atoms with E-state index < -0.39 is 0 Å². The first-order valence-electron chi connectivity index (χ1n) is 5.26. The third-order valence-electron chi connectivity index (χ3n) is 2.32. The highest BCUT2D eigenvalue weighted by atomic mass is 79.9. The molecule has 0 atom stereocenters. The molecule has 2 aromatic rings. The summed E-state index contributed by atoms with van der Waals surface area (Å²) in [4.78, 5) is 15.9. The number of hydrogen-bond acceptors (Lipinski definition) is 3. The lowest BCUT2D eigenvalue weighted by Crippen LogP contribution is -2.12. The second kappa shape index (κ2) is 5.64. The molecule has 0 spiro atoms. The molecule has 0 saturated carbocycles. The lowest BCUT2D eigenvalue weighted by Gasteiger charge is -2.06. The predicted octanol–water partition coefficient (Wildman–Crippen LogP) is 3.11. The van der Waals surface area contributed by atoms with Crippen LogP contribution in [0.4, 0.5) is 5.69 Å². The molecular weight excluding hydrogens is 296 g/mol. The first kappa shape index (κ1) is 12.6. The number of nitrogens with one attached hydrogen (secondary N) is 1. The maximum Gasteiger partial charge on any atom is 0.257 e. The summed E-state index contributed by atoms with van der Waals surface area (Å²) >= 11 is 3.22. The molecule has 92 valence electrons. The highest BCUT2D eigenvalue weighted by molar-refractivity contribution is 9.10. The van der Waals surface area contributed by atoms with Crippen LogP contribution in [0.3, 0.4) is 0 Å². The average Bonchev–Trinajstić information content (AvgIpc) is 2.39. The highest BCUT2D eigenvalue weighted by Gasteiger charge is 2.06. The summed E-state index contributed by atoms with van der Waals surface area (Å²) in [6, 6.07) is 10.6. The number of hydrogen-bond donors (Lipinski definition) is 1. The lowest BCUT2D eigenvalue weighted by atomic mass is 10.2. The van der Waals surface area contributed by atoms with Crippen LogP contribution >= 0.6 is 15.9 Å². The van der Waals surface area contributed by atoms with E-state index >= 15 is 0 Å². The summed E-state index contributed by atoms with van der Waals surface area (Å²) in [6.07, 6.45) is 1.51. The molecule has 1 N–H and O–H groups in total. The Morgan fingerprint density at radius 3 is 2.83 bits per heavy atom.